The molecule has 0 atom stereocenters. The molecule has 2 heterocycles. The molecule has 1 aliphatic rings. The van der Waals surface area contributed by atoms with Crippen molar-refractivity contribution in [1.29, 1.82) is 0 Å². The van der Waals surface area contributed by atoms with Gasteiger partial charge in [0.25, 0.3) is 0 Å². The predicted molar refractivity (Wildman–Crippen MR) is 79.3 cm³/mol. The lowest BCUT2D eigenvalue weighted by Gasteiger charge is -2.25. The van der Waals surface area contributed by atoms with Crippen LogP contribution < -0.4 is 10.6 Å². The summed E-state index contributed by atoms with van der Waals surface area (Å²) in [7, 11) is 0. The van der Waals surface area contributed by atoms with E-state index in [0.29, 0.717) is 30.7 Å². The third-order valence-electron chi connectivity index (χ3n) is 3.47. The van der Waals surface area contributed by atoms with Gasteiger partial charge < -0.3 is 15.5 Å². The summed E-state index contributed by atoms with van der Waals surface area (Å²) in [6.07, 6.45) is -2.20. The van der Waals surface area contributed by atoms with Crippen molar-refractivity contribution >= 4 is 21.7 Å². The highest BCUT2D eigenvalue weighted by Gasteiger charge is 2.36. The minimum Gasteiger partial charge on any atom is -0.355 e. The summed E-state index contributed by atoms with van der Waals surface area (Å²) in [6, 6.07) is 1.09. The van der Waals surface area contributed by atoms with E-state index in [2.05, 4.69) is 25.8 Å². The second-order valence-electron chi connectivity index (χ2n) is 4.99. The van der Waals surface area contributed by atoms with Gasteiger partial charge in [-0.25, -0.2) is 4.98 Å². The standard InChI is InChI=1S/C13H18BrF3N4/c14-10-8-11(13(15,16)17)12(19-9-10)21-4-1-3-20(5-2-18)6-7-21/h8-9H,1-7,18H2. The molecule has 2 N–H and O–H groups in total. The summed E-state index contributed by atoms with van der Waals surface area (Å²) in [5, 5.41) is 0. The highest BCUT2D eigenvalue weighted by Crippen LogP contribution is 2.37. The average molecular weight is 367 g/mol. The number of nitrogens with zero attached hydrogens (tertiary/aromatic N) is 3. The monoisotopic (exact) mass is 366 g/mol. The molecule has 0 aliphatic carbocycles. The van der Waals surface area contributed by atoms with E-state index in [4.69, 9.17) is 5.73 Å². The lowest BCUT2D eigenvalue weighted by atomic mass is 10.2. The number of aromatic nitrogens is 1. The number of alkyl halides is 3. The van der Waals surface area contributed by atoms with Gasteiger partial charge in [-0.1, -0.05) is 0 Å². The Labute approximate surface area is 130 Å². The zero-order valence-corrected chi connectivity index (χ0v) is 13.1. The molecule has 0 aromatic carbocycles. The van der Waals surface area contributed by atoms with Crippen molar-refractivity contribution in [3.05, 3.63) is 22.3 Å². The van der Waals surface area contributed by atoms with E-state index in [1.165, 1.54) is 6.20 Å². The fraction of sp³-hybridized carbons (Fsp3) is 0.615. The smallest absolute Gasteiger partial charge is 0.355 e. The zero-order chi connectivity index (χ0) is 15.5. The SMILES string of the molecule is NCCN1CCCN(c2ncc(Br)cc2C(F)(F)F)CC1. The maximum absolute atomic E-state index is 13.2. The van der Waals surface area contributed by atoms with Crippen LogP contribution in [0.4, 0.5) is 19.0 Å². The Morgan fingerprint density at radius 3 is 2.67 bits per heavy atom. The minimum atomic E-state index is -4.41. The fourth-order valence-corrected chi connectivity index (χ4v) is 2.81. The van der Waals surface area contributed by atoms with Crippen molar-refractivity contribution in [2.75, 3.05) is 44.2 Å². The molecule has 0 spiro atoms. The van der Waals surface area contributed by atoms with Crippen LogP contribution in [0.1, 0.15) is 12.0 Å². The number of hydrogen-bond acceptors (Lipinski definition) is 4. The topological polar surface area (TPSA) is 45.4 Å². The molecule has 1 fully saturated rings. The Bertz CT molecular complexity index is 481. The minimum absolute atomic E-state index is 0.0142. The summed E-state index contributed by atoms with van der Waals surface area (Å²) >= 11 is 3.06. The molecule has 2 rings (SSSR count). The molecule has 0 unspecified atom stereocenters. The summed E-state index contributed by atoms with van der Waals surface area (Å²) in [6.45, 7) is 3.98. The van der Waals surface area contributed by atoms with Gasteiger partial charge in [0, 0.05) is 43.4 Å². The van der Waals surface area contributed by atoms with Gasteiger partial charge in [0.05, 0.1) is 5.56 Å². The molecule has 0 amide bonds. The van der Waals surface area contributed by atoms with Crippen LogP contribution in [-0.2, 0) is 6.18 Å². The number of hydrogen-bond donors (Lipinski definition) is 1. The van der Waals surface area contributed by atoms with E-state index < -0.39 is 11.7 Å². The van der Waals surface area contributed by atoms with Crippen LogP contribution in [0.25, 0.3) is 0 Å². The quantitative estimate of drug-likeness (QED) is 0.891. The van der Waals surface area contributed by atoms with E-state index in [0.717, 1.165) is 25.6 Å². The lowest BCUT2D eigenvalue weighted by molar-refractivity contribution is -0.137. The van der Waals surface area contributed by atoms with Crippen molar-refractivity contribution in [1.82, 2.24) is 9.88 Å². The Morgan fingerprint density at radius 1 is 1.24 bits per heavy atom. The van der Waals surface area contributed by atoms with E-state index in [-0.39, 0.29) is 5.82 Å². The van der Waals surface area contributed by atoms with Gasteiger partial charge in [-0.05, 0) is 35.0 Å². The van der Waals surface area contributed by atoms with Gasteiger partial charge >= 0.3 is 6.18 Å². The first-order valence-corrected chi connectivity index (χ1v) is 7.61. The molecular weight excluding hydrogens is 349 g/mol. The maximum Gasteiger partial charge on any atom is 0.419 e. The number of nitrogens with two attached hydrogens (primary N) is 1. The molecule has 0 bridgehead atoms. The Hall–Kier alpha value is -0.860. The molecule has 8 heteroatoms. The van der Waals surface area contributed by atoms with E-state index in [1.54, 1.807) is 4.90 Å². The van der Waals surface area contributed by atoms with E-state index in [1.807, 2.05) is 0 Å². The van der Waals surface area contributed by atoms with Crippen LogP contribution in [0.5, 0.6) is 0 Å². The number of pyridine rings is 1. The predicted octanol–water partition coefficient (Wildman–Crippen LogP) is 2.33. The molecular formula is C13H18BrF3N4. The number of anilines is 1. The van der Waals surface area contributed by atoms with E-state index >= 15 is 0 Å². The van der Waals surface area contributed by atoms with Crippen LogP contribution >= 0.6 is 15.9 Å². The number of halogens is 4. The second kappa shape index (κ2) is 6.93. The van der Waals surface area contributed by atoms with Crippen LogP contribution in [-0.4, -0.2) is 49.2 Å². The Morgan fingerprint density at radius 2 is 2.00 bits per heavy atom. The van der Waals surface area contributed by atoms with E-state index in [9.17, 15) is 13.2 Å². The zero-order valence-electron chi connectivity index (χ0n) is 11.5. The highest BCUT2D eigenvalue weighted by molar-refractivity contribution is 9.10. The third-order valence-corrected chi connectivity index (χ3v) is 3.91. The molecule has 4 nitrogen and oxygen atoms in total. The highest BCUT2D eigenvalue weighted by atomic mass is 79.9. The van der Waals surface area contributed by atoms with Crippen LogP contribution in [0.3, 0.4) is 0 Å². The first-order chi connectivity index (χ1) is 9.91. The molecule has 1 aromatic rings. The van der Waals surface area contributed by atoms with Gasteiger partial charge in [0.2, 0.25) is 0 Å². The molecule has 21 heavy (non-hydrogen) atoms. The summed E-state index contributed by atoms with van der Waals surface area (Å²) in [5.74, 6) is 0.0142. The third kappa shape index (κ3) is 4.31. The van der Waals surface area contributed by atoms with Crippen molar-refractivity contribution in [2.24, 2.45) is 5.73 Å². The summed E-state index contributed by atoms with van der Waals surface area (Å²) in [4.78, 5) is 7.88. The summed E-state index contributed by atoms with van der Waals surface area (Å²) in [5.41, 5.74) is 4.84. The van der Waals surface area contributed by atoms with Crippen molar-refractivity contribution in [2.45, 2.75) is 12.6 Å². The second-order valence-corrected chi connectivity index (χ2v) is 5.91. The first-order valence-electron chi connectivity index (χ1n) is 6.82. The van der Waals surface area contributed by atoms with Crippen LogP contribution in [0, 0.1) is 0 Å². The van der Waals surface area contributed by atoms with Gasteiger partial charge in [0.1, 0.15) is 5.82 Å². The van der Waals surface area contributed by atoms with Crippen molar-refractivity contribution in [3.8, 4) is 0 Å². The molecule has 0 saturated carbocycles. The molecule has 0 radical (unpaired) electrons. The lowest BCUT2D eigenvalue weighted by Crippen LogP contribution is -2.34. The Balaban J connectivity index is 2.22. The van der Waals surface area contributed by atoms with Crippen molar-refractivity contribution in [3.63, 3.8) is 0 Å². The van der Waals surface area contributed by atoms with Crippen LogP contribution in [0.2, 0.25) is 0 Å². The van der Waals surface area contributed by atoms with Gasteiger partial charge in [-0.2, -0.15) is 13.2 Å². The fourth-order valence-electron chi connectivity index (χ4n) is 2.48. The van der Waals surface area contributed by atoms with Crippen LogP contribution in [0.15, 0.2) is 16.7 Å². The van der Waals surface area contributed by atoms with Gasteiger partial charge in [-0.3, -0.25) is 0 Å². The summed E-state index contributed by atoms with van der Waals surface area (Å²) < 4.78 is 39.8. The maximum atomic E-state index is 13.2. The molecule has 1 aliphatic heterocycles. The molecule has 1 aromatic heterocycles. The van der Waals surface area contributed by atoms with Gasteiger partial charge in [-0.15, -0.1) is 0 Å². The average Bonchev–Trinajstić information content (AvgIpc) is 2.64. The molecule has 118 valence electrons. The molecule has 1 saturated heterocycles. The normalized spacial score (nSPS) is 17.9. The number of rotatable bonds is 3. The van der Waals surface area contributed by atoms with Crippen molar-refractivity contribution < 1.29 is 13.2 Å². The Kier molecular flexibility index (Phi) is 5.45. The van der Waals surface area contributed by atoms with Gasteiger partial charge in [0.15, 0.2) is 0 Å². The first kappa shape index (κ1) is 16.5. The largest absolute Gasteiger partial charge is 0.419 e.